The Hall–Kier alpha value is -0.550. The van der Waals surface area contributed by atoms with Crippen LogP contribution in [-0.2, 0) is 6.42 Å². The highest BCUT2D eigenvalue weighted by Gasteiger charge is 2.28. The van der Waals surface area contributed by atoms with Gasteiger partial charge in [0.25, 0.3) is 0 Å². The fourth-order valence-electron chi connectivity index (χ4n) is 3.16. The molecule has 2 heterocycles. The molecule has 3 atom stereocenters. The molecule has 1 aliphatic carbocycles. The van der Waals surface area contributed by atoms with Gasteiger partial charge in [0.1, 0.15) is 0 Å². The predicted molar refractivity (Wildman–Crippen MR) is 77.5 cm³/mol. The molecule has 1 saturated heterocycles. The minimum absolute atomic E-state index is 0.499. The van der Waals surface area contributed by atoms with Crippen molar-refractivity contribution in [1.29, 1.82) is 0 Å². The average Bonchev–Trinajstić information content (AvgIpc) is 3.08. The molecule has 19 heavy (non-hydrogen) atoms. The molecule has 2 fully saturated rings. The van der Waals surface area contributed by atoms with Crippen molar-refractivity contribution in [3.63, 3.8) is 0 Å². The van der Waals surface area contributed by atoms with Crippen LogP contribution >= 0.6 is 11.8 Å². The SMILES string of the molecule is CCC1CCC(c2noc(CC3CSCCN3)n2)C1. The third-order valence-corrected chi connectivity index (χ3v) is 5.52. The maximum Gasteiger partial charge on any atom is 0.228 e. The van der Waals surface area contributed by atoms with E-state index in [1.807, 2.05) is 11.8 Å². The second kappa shape index (κ2) is 6.27. The van der Waals surface area contributed by atoms with E-state index in [1.54, 1.807) is 0 Å². The number of thioether (sulfide) groups is 1. The molecule has 1 aromatic rings. The van der Waals surface area contributed by atoms with Crippen molar-refractivity contribution in [1.82, 2.24) is 15.5 Å². The normalized spacial score (nSPS) is 31.7. The van der Waals surface area contributed by atoms with Gasteiger partial charge in [-0.2, -0.15) is 16.7 Å². The summed E-state index contributed by atoms with van der Waals surface area (Å²) in [7, 11) is 0. The molecular formula is C14H23N3OS. The summed E-state index contributed by atoms with van der Waals surface area (Å²) in [4.78, 5) is 4.63. The van der Waals surface area contributed by atoms with E-state index >= 15 is 0 Å². The van der Waals surface area contributed by atoms with Gasteiger partial charge in [0.15, 0.2) is 5.82 Å². The van der Waals surface area contributed by atoms with Gasteiger partial charge in [-0.25, -0.2) is 0 Å². The van der Waals surface area contributed by atoms with Crippen molar-refractivity contribution in [3.8, 4) is 0 Å². The minimum atomic E-state index is 0.499. The summed E-state index contributed by atoms with van der Waals surface area (Å²) in [6.45, 7) is 3.37. The Balaban J connectivity index is 1.57. The molecule has 0 radical (unpaired) electrons. The van der Waals surface area contributed by atoms with Crippen LogP contribution in [0.15, 0.2) is 4.52 Å². The Morgan fingerprint density at radius 3 is 3.11 bits per heavy atom. The molecular weight excluding hydrogens is 258 g/mol. The first-order chi connectivity index (χ1) is 9.35. The maximum absolute atomic E-state index is 5.44. The molecule has 1 aliphatic heterocycles. The average molecular weight is 281 g/mol. The summed E-state index contributed by atoms with van der Waals surface area (Å²) >= 11 is 2.01. The molecule has 3 rings (SSSR count). The number of nitrogens with zero attached hydrogens (tertiary/aromatic N) is 2. The van der Waals surface area contributed by atoms with Crippen LogP contribution in [0.1, 0.15) is 50.2 Å². The number of nitrogens with one attached hydrogen (secondary N) is 1. The smallest absolute Gasteiger partial charge is 0.228 e. The Kier molecular flexibility index (Phi) is 4.43. The quantitative estimate of drug-likeness (QED) is 0.919. The summed E-state index contributed by atoms with van der Waals surface area (Å²) < 4.78 is 5.44. The third kappa shape index (κ3) is 3.31. The van der Waals surface area contributed by atoms with E-state index in [4.69, 9.17) is 4.52 Å². The highest BCUT2D eigenvalue weighted by Crippen LogP contribution is 2.38. The predicted octanol–water partition coefficient (Wildman–Crippen LogP) is 2.61. The summed E-state index contributed by atoms with van der Waals surface area (Å²) in [6.07, 6.45) is 5.96. The zero-order valence-electron chi connectivity index (χ0n) is 11.6. The van der Waals surface area contributed by atoms with E-state index < -0.39 is 0 Å². The first-order valence-corrected chi connectivity index (χ1v) is 8.64. The van der Waals surface area contributed by atoms with Crippen molar-refractivity contribution in [2.45, 2.75) is 51.0 Å². The molecule has 0 aromatic carbocycles. The lowest BCUT2D eigenvalue weighted by Gasteiger charge is -2.21. The number of hydrogen-bond acceptors (Lipinski definition) is 5. The summed E-state index contributed by atoms with van der Waals surface area (Å²) in [5.74, 6) is 5.54. The molecule has 1 N–H and O–H groups in total. The van der Waals surface area contributed by atoms with E-state index in [0.29, 0.717) is 12.0 Å². The molecule has 4 nitrogen and oxygen atoms in total. The molecule has 106 valence electrons. The van der Waals surface area contributed by atoms with Gasteiger partial charge in [0, 0.05) is 36.4 Å². The largest absolute Gasteiger partial charge is 0.339 e. The Morgan fingerprint density at radius 1 is 1.42 bits per heavy atom. The summed E-state index contributed by atoms with van der Waals surface area (Å²) in [5.41, 5.74) is 0. The fourth-order valence-corrected chi connectivity index (χ4v) is 4.11. The van der Waals surface area contributed by atoms with Crippen molar-refractivity contribution in [3.05, 3.63) is 11.7 Å². The molecule has 0 bridgehead atoms. The van der Waals surface area contributed by atoms with Gasteiger partial charge in [-0.15, -0.1) is 0 Å². The first-order valence-electron chi connectivity index (χ1n) is 7.48. The van der Waals surface area contributed by atoms with Crippen LogP contribution in [-0.4, -0.2) is 34.2 Å². The van der Waals surface area contributed by atoms with Crippen LogP contribution in [0.2, 0.25) is 0 Å². The van der Waals surface area contributed by atoms with Crippen LogP contribution in [0.25, 0.3) is 0 Å². The van der Waals surface area contributed by atoms with Crippen LogP contribution in [0.3, 0.4) is 0 Å². The first kappa shape index (κ1) is 13.4. The highest BCUT2D eigenvalue weighted by molar-refractivity contribution is 7.99. The summed E-state index contributed by atoms with van der Waals surface area (Å²) in [5, 5.41) is 7.73. The number of hydrogen-bond donors (Lipinski definition) is 1. The maximum atomic E-state index is 5.44. The molecule has 1 aromatic heterocycles. The van der Waals surface area contributed by atoms with Crippen molar-refractivity contribution in [2.24, 2.45) is 5.92 Å². The van der Waals surface area contributed by atoms with Crippen LogP contribution < -0.4 is 5.32 Å². The van der Waals surface area contributed by atoms with Crippen LogP contribution in [0.5, 0.6) is 0 Å². The zero-order valence-corrected chi connectivity index (χ0v) is 12.4. The van der Waals surface area contributed by atoms with Gasteiger partial charge < -0.3 is 9.84 Å². The lowest BCUT2D eigenvalue weighted by Crippen LogP contribution is -2.38. The topological polar surface area (TPSA) is 51.0 Å². The molecule has 3 unspecified atom stereocenters. The minimum Gasteiger partial charge on any atom is -0.339 e. The monoisotopic (exact) mass is 281 g/mol. The fraction of sp³-hybridized carbons (Fsp3) is 0.857. The molecule has 5 heteroatoms. The molecule has 0 spiro atoms. The highest BCUT2D eigenvalue weighted by atomic mass is 32.2. The Bertz CT molecular complexity index is 403. The lowest BCUT2D eigenvalue weighted by atomic mass is 10.0. The van der Waals surface area contributed by atoms with Crippen LogP contribution in [0.4, 0.5) is 0 Å². The Morgan fingerprint density at radius 2 is 2.37 bits per heavy atom. The van der Waals surface area contributed by atoms with Crippen molar-refractivity contribution >= 4 is 11.8 Å². The van der Waals surface area contributed by atoms with Crippen LogP contribution in [0, 0.1) is 5.92 Å². The van der Waals surface area contributed by atoms with E-state index in [9.17, 15) is 0 Å². The molecule has 1 saturated carbocycles. The Labute approximate surface area is 119 Å². The number of rotatable bonds is 4. The number of aromatic nitrogens is 2. The summed E-state index contributed by atoms with van der Waals surface area (Å²) in [6, 6.07) is 0.499. The molecule has 2 aliphatic rings. The van der Waals surface area contributed by atoms with Gasteiger partial charge >= 0.3 is 0 Å². The molecule has 0 amide bonds. The van der Waals surface area contributed by atoms with Gasteiger partial charge in [0.05, 0.1) is 0 Å². The van der Waals surface area contributed by atoms with Gasteiger partial charge in [-0.05, 0) is 25.2 Å². The van der Waals surface area contributed by atoms with E-state index in [-0.39, 0.29) is 0 Å². The van der Waals surface area contributed by atoms with Gasteiger partial charge in [0.2, 0.25) is 5.89 Å². The zero-order chi connectivity index (χ0) is 13.1. The second-order valence-corrected chi connectivity index (χ2v) is 6.91. The lowest BCUT2D eigenvalue weighted by molar-refractivity contribution is 0.355. The second-order valence-electron chi connectivity index (χ2n) is 5.76. The van der Waals surface area contributed by atoms with Crippen molar-refractivity contribution in [2.75, 3.05) is 18.1 Å². The van der Waals surface area contributed by atoms with E-state index in [0.717, 1.165) is 36.4 Å². The standard InChI is InChI=1S/C14H23N3OS/c1-2-10-3-4-11(7-10)14-16-13(18-17-14)8-12-9-19-6-5-15-12/h10-12,15H,2-9H2,1H3. The third-order valence-electron chi connectivity index (χ3n) is 4.39. The van der Waals surface area contributed by atoms with Gasteiger partial charge in [-0.3, -0.25) is 0 Å². The van der Waals surface area contributed by atoms with E-state index in [2.05, 4.69) is 22.4 Å². The van der Waals surface area contributed by atoms with Gasteiger partial charge in [-0.1, -0.05) is 18.5 Å². The van der Waals surface area contributed by atoms with Crippen molar-refractivity contribution < 1.29 is 4.52 Å². The van der Waals surface area contributed by atoms with E-state index in [1.165, 1.54) is 31.4 Å².